The second-order valence-corrected chi connectivity index (χ2v) is 7.28. The van der Waals surface area contributed by atoms with Gasteiger partial charge in [0.25, 0.3) is 0 Å². The average Bonchev–Trinajstić information content (AvgIpc) is 2.79. The number of hydrogen-bond acceptors (Lipinski definition) is 5. The van der Waals surface area contributed by atoms with Crippen LogP contribution in [0.2, 0.25) is 0 Å². The molecule has 0 aliphatic carbocycles. The number of fused-ring (bicyclic) bond motifs is 1. The van der Waals surface area contributed by atoms with Crippen molar-refractivity contribution in [1.82, 2.24) is 15.0 Å². The number of rotatable bonds is 7. The van der Waals surface area contributed by atoms with E-state index in [1.165, 1.54) is 6.26 Å². The number of aromatic nitrogens is 2. The normalized spacial score (nSPS) is 13.7. The molecule has 0 bridgehead atoms. The van der Waals surface area contributed by atoms with E-state index < -0.39 is 9.84 Å². The number of para-hydroxylation sites is 2. The minimum absolute atomic E-state index is 0.0226. The van der Waals surface area contributed by atoms with Crippen LogP contribution < -0.4 is 11.3 Å². The van der Waals surface area contributed by atoms with Crippen molar-refractivity contribution in [2.75, 3.05) is 12.0 Å². The van der Waals surface area contributed by atoms with Gasteiger partial charge in [0, 0.05) is 24.6 Å². The first-order valence-corrected chi connectivity index (χ1v) is 8.59. The highest BCUT2D eigenvalue weighted by Crippen LogP contribution is 2.13. The number of nitrogens with zero attached hydrogens (tertiary/aromatic N) is 2. The third-order valence-corrected chi connectivity index (χ3v) is 4.28. The second-order valence-electron chi connectivity index (χ2n) is 5.02. The first-order chi connectivity index (χ1) is 9.49. The summed E-state index contributed by atoms with van der Waals surface area (Å²) in [4.78, 5) is 4.32. The number of nitrogens with one attached hydrogen (secondary N) is 1. The predicted molar refractivity (Wildman–Crippen MR) is 79.8 cm³/mol. The van der Waals surface area contributed by atoms with Crippen LogP contribution in [0.4, 0.5) is 0 Å². The maximum Gasteiger partial charge on any atom is 0.147 e. The molecule has 1 aromatic carbocycles. The van der Waals surface area contributed by atoms with Crippen molar-refractivity contribution in [2.24, 2.45) is 5.84 Å². The van der Waals surface area contributed by atoms with E-state index in [-0.39, 0.29) is 11.8 Å². The summed E-state index contributed by atoms with van der Waals surface area (Å²) in [5, 5.41) is 0. The van der Waals surface area contributed by atoms with E-state index in [9.17, 15) is 8.42 Å². The van der Waals surface area contributed by atoms with E-state index in [1.54, 1.807) is 6.33 Å². The van der Waals surface area contributed by atoms with Crippen molar-refractivity contribution in [3.8, 4) is 0 Å². The molecule has 0 saturated heterocycles. The highest BCUT2D eigenvalue weighted by Gasteiger charge is 2.11. The fourth-order valence-corrected chi connectivity index (χ4v) is 2.90. The minimum atomic E-state index is -2.91. The minimum Gasteiger partial charge on any atom is -0.329 e. The van der Waals surface area contributed by atoms with E-state index in [0.717, 1.165) is 11.0 Å². The van der Waals surface area contributed by atoms with E-state index >= 15 is 0 Å². The van der Waals surface area contributed by atoms with Crippen molar-refractivity contribution in [2.45, 2.75) is 25.4 Å². The lowest BCUT2D eigenvalue weighted by atomic mass is 10.2. The molecule has 0 aliphatic heterocycles. The van der Waals surface area contributed by atoms with Gasteiger partial charge < -0.3 is 4.57 Å². The highest BCUT2D eigenvalue weighted by atomic mass is 32.2. The first-order valence-electron chi connectivity index (χ1n) is 6.53. The Morgan fingerprint density at radius 2 is 2.15 bits per heavy atom. The molecule has 2 rings (SSSR count). The maximum atomic E-state index is 11.1. The van der Waals surface area contributed by atoms with Crippen LogP contribution in [-0.2, 0) is 16.4 Å². The van der Waals surface area contributed by atoms with E-state index in [0.29, 0.717) is 19.4 Å². The van der Waals surface area contributed by atoms with Gasteiger partial charge in [-0.25, -0.2) is 13.4 Å². The third-order valence-electron chi connectivity index (χ3n) is 3.25. The summed E-state index contributed by atoms with van der Waals surface area (Å²) in [5.41, 5.74) is 4.74. The van der Waals surface area contributed by atoms with Crippen LogP contribution in [0.1, 0.15) is 12.8 Å². The zero-order valence-corrected chi connectivity index (χ0v) is 12.3. The Bertz CT molecular complexity index is 666. The molecule has 110 valence electrons. The Balaban J connectivity index is 1.99. The van der Waals surface area contributed by atoms with Crippen LogP contribution in [0.3, 0.4) is 0 Å². The molecule has 0 radical (unpaired) electrons. The second kappa shape index (κ2) is 6.34. The molecule has 1 unspecified atom stereocenters. The van der Waals surface area contributed by atoms with Gasteiger partial charge in [0.15, 0.2) is 0 Å². The summed E-state index contributed by atoms with van der Waals surface area (Å²) in [7, 11) is -2.91. The van der Waals surface area contributed by atoms with E-state index in [1.807, 2.05) is 28.8 Å². The van der Waals surface area contributed by atoms with Crippen LogP contribution in [-0.4, -0.2) is 36.0 Å². The van der Waals surface area contributed by atoms with Crippen molar-refractivity contribution in [3.63, 3.8) is 0 Å². The zero-order chi connectivity index (χ0) is 14.6. The lowest BCUT2D eigenvalue weighted by Crippen LogP contribution is -2.38. The van der Waals surface area contributed by atoms with Gasteiger partial charge in [-0.2, -0.15) is 0 Å². The standard InChI is InChI=1S/C13H20N4O2S/c1-20(18,19)8-4-5-11(16-14)9-17-10-15-12-6-2-3-7-13(12)17/h2-3,6-7,10-11,16H,4-5,8-9,14H2,1H3. The Hall–Kier alpha value is -1.44. The molecule has 0 fully saturated rings. The van der Waals surface area contributed by atoms with Crippen molar-refractivity contribution < 1.29 is 8.42 Å². The van der Waals surface area contributed by atoms with Crippen LogP contribution in [0.15, 0.2) is 30.6 Å². The van der Waals surface area contributed by atoms with Gasteiger partial charge in [0.1, 0.15) is 9.84 Å². The zero-order valence-electron chi connectivity index (χ0n) is 11.5. The maximum absolute atomic E-state index is 11.1. The fourth-order valence-electron chi connectivity index (χ4n) is 2.21. The molecule has 7 heteroatoms. The Morgan fingerprint density at radius 3 is 2.85 bits per heavy atom. The van der Waals surface area contributed by atoms with Gasteiger partial charge in [-0.1, -0.05) is 12.1 Å². The molecule has 20 heavy (non-hydrogen) atoms. The number of nitrogens with two attached hydrogens (primary N) is 1. The monoisotopic (exact) mass is 296 g/mol. The Labute approximate surface area is 118 Å². The molecule has 3 N–H and O–H groups in total. The molecular formula is C13H20N4O2S. The lowest BCUT2D eigenvalue weighted by molar-refractivity contribution is 0.433. The van der Waals surface area contributed by atoms with E-state index in [4.69, 9.17) is 5.84 Å². The molecule has 1 heterocycles. The summed E-state index contributed by atoms with van der Waals surface area (Å²) >= 11 is 0. The van der Waals surface area contributed by atoms with Crippen molar-refractivity contribution in [3.05, 3.63) is 30.6 Å². The summed E-state index contributed by atoms with van der Waals surface area (Å²) in [6, 6.07) is 7.90. The lowest BCUT2D eigenvalue weighted by Gasteiger charge is -2.16. The predicted octanol–water partition coefficient (Wildman–Crippen LogP) is 0.693. The number of hydrazine groups is 1. The van der Waals surface area contributed by atoms with Crippen molar-refractivity contribution >= 4 is 20.9 Å². The van der Waals surface area contributed by atoms with Gasteiger partial charge in [-0.3, -0.25) is 11.3 Å². The summed E-state index contributed by atoms with van der Waals surface area (Å²) in [6.45, 7) is 0.667. The molecule has 2 aromatic rings. The molecule has 0 saturated carbocycles. The molecule has 0 spiro atoms. The molecule has 1 aromatic heterocycles. The summed E-state index contributed by atoms with van der Waals surface area (Å²) < 4.78 is 24.3. The molecule has 6 nitrogen and oxygen atoms in total. The average molecular weight is 296 g/mol. The van der Waals surface area contributed by atoms with Crippen LogP contribution in [0.25, 0.3) is 11.0 Å². The highest BCUT2D eigenvalue weighted by molar-refractivity contribution is 7.90. The largest absolute Gasteiger partial charge is 0.329 e. The number of benzene rings is 1. The van der Waals surface area contributed by atoms with Gasteiger partial charge in [0.05, 0.1) is 17.4 Å². The fraction of sp³-hybridized carbons (Fsp3) is 0.462. The van der Waals surface area contributed by atoms with Gasteiger partial charge in [0.2, 0.25) is 0 Å². The van der Waals surface area contributed by atoms with E-state index in [2.05, 4.69) is 10.4 Å². The van der Waals surface area contributed by atoms with Crippen molar-refractivity contribution in [1.29, 1.82) is 0 Å². The van der Waals surface area contributed by atoms with Gasteiger partial charge in [-0.15, -0.1) is 0 Å². The molecule has 0 amide bonds. The summed E-state index contributed by atoms with van der Waals surface area (Å²) in [6.07, 6.45) is 4.34. The SMILES string of the molecule is CS(=O)(=O)CCCC(Cn1cnc2ccccc21)NN. The van der Waals surface area contributed by atoms with Crippen LogP contribution in [0.5, 0.6) is 0 Å². The number of sulfone groups is 1. The van der Waals surface area contributed by atoms with Gasteiger partial charge in [-0.05, 0) is 25.0 Å². The van der Waals surface area contributed by atoms with Crippen LogP contribution in [0, 0.1) is 0 Å². The molecular weight excluding hydrogens is 276 g/mol. The topological polar surface area (TPSA) is 90.0 Å². The Kier molecular flexibility index (Phi) is 4.74. The third kappa shape index (κ3) is 4.03. The first kappa shape index (κ1) is 15.0. The van der Waals surface area contributed by atoms with Gasteiger partial charge >= 0.3 is 0 Å². The Morgan fingerprint density at radius 1 is 1.40 bits per heavy atom. The summed E-state index contributed by atoms with van der Waals surface area (Å²) in [5.74, 6) is 5.74. The molecule has 1 atom stereocenters. The number of imidazole rings is 1. The molecule has 0 aliphatic rings. The van der Waals surface area contributed by atoms with Crippen LogP contribution >= 0.6 is 0 Å². The quantitative estimate of drug-likeness (QED) is 0.579. The number of hydrogen-bond donors (Lipinski definition) is 2. The smallest absolute Gasteiger partial charge is 0.147 e.